The van der Waals surface area contributed by atoms with Crippen LogP contribution in [0.5, 0.6) is 5.75 Å². The molecule has 3 heteroatoms. The highest BCUT2D eigenvalue weighted by atomic mass is 16.5. The Labute approximate surface area is 119 Å². The zero-order valence-corrected chi connectivity index (χ0v) is 11.9. The molecule has 0 saturated heterocycles. The number of hydrogen-bond acceptors (Lipinski definition) is 3. The van der Waals surface area contributed by atoms with Crippen LogP contribution in [-0.2, 0) is 9.47 Å². The summed E-state index contributed by atoms with van der Waals surface area (Å²) in [7, 11) is 4.90. The Kier molecular flexibility index (Phi) is 4.66. The maximum Gasteiger partial charge on any atom is 0.172 e. The first-order valence-corrected chi connectivity index (χ1v) is 6.33. The van der Waals surface area contributed by atoms with Crippen molar-refractivity contribution < 1.29 is 14.2 Å². The van der Waals surface area contributed by atoms with Gasteiger partial charge in [0, 0.05) is 5.56 Å². The van der Waals surface area contributed by atoms with E-state index in [2.05, 4.69) is 0 Å². The van der Waals surface area contributed by atoms with Crippen molar-refractivity contribution in [3.63, 3.8) is 0 Å². The van der Waals surface area contributed by atoms with Crippen molar-refractivity contribution in [2.75, 3.05) is 21.3 Å². The van der Waals surface area contributed by atoms with Crippen molar-refractivity contribution in [3.8, 4) is 5.75 Å². The van der Waals surface area contributed by atoms with E-state index in [1.165, 1.54) is 0 Å². The van der Waals surface area contributed by atoms with Gasteiger partial charge in [0.2, 0.25) is 0 Å². The summed E-state index contributed by atoms with van der Waals surface area (Å²) in [5.41, 5.74) is 1.82. The highest BCUT2D eigenvalue weighted by Gasteiger charge is 2.16. The molecule has 3 nitrogen and oxygen atoms in total. The summed E-state index contributed by atoms with van der Waals surface area (Å²) in [6, 6.07) is 17.5. The molecule has 0 heterocycles. The molecule has 0 spiro atoms. The minimum absolute atomic E-state index is 0.649. The predicted octanol–water partition coefficient (Wildman–Crippen LogP) is 3.81. The molecule has 0 unspecified atom stereocenters. The van der Waals surface area contributed by atoms with Crippen LogP contribution in [0, 0.1) is 0 Å². The Bertz CT molecular complexity index is 588. The van der Waals surface area contributed by atoms with Crippen LogP contribution in [0.1, 0.15) is 11.1 Å². The molecule has 0 N–H and O–H groups in total. The second kappa shape index (κ2) is 6.66. The first kappa shape index (κ1) is 14.0. The van der Waals surface area contributed by atoms with Crippen molar-refractivity contribution in [1.82, 2.24) is 0 Å². The van der Waals surface area contributed by atoms with Gasteiger partial charge < -0.3 is 14.2 Å². The Hall–Kier alpha value is -2.42. The second-order valence-electron chi connectivity index (χ2n) is 4.13. The minimum Gasteiger partial charge on any atom is -0.496 e. The van der Waals surface area contributed by atoms with Crippen molar-refractivity contribution in [1.29, 1.82) is 0 Å². The van der Waals surface area contributed by atoms with E-state index in [1.807, 2.05) is 54.6 Å². The van der Waals surface area contributed by atoms with Crippen LogP contribution < -0.4 is 4.74 Å². The quantitative estimate of drug-likeness (QED) is 0.610. The summed E-state index contributed by atoms with van der Waals surface area (Å²) < 4.78 is 16.5. The minimum atomic E-state index is 0.649. The van der Waals surface area contributed by atoms with Gasteiger partial charge in [-0.15, -0.1) is 0 Å². The number of ether oxygens (including phenoxy) is 3. The van der Waals surface area contributed by atoms with Crippen molar-refractivity contribution in [2.45, 2.75) is 0 Å². The van der Waals surface area contributed by atoms with Crippen LogP contribution in [-0.4, -0.2) is 21.3 Å². The van der Waals surface area contributed by atoms with Gasteiger partial charge in [0.05, 0.1) is 26.9 Å². The third-order valence-corrected chi connectivity index (χ3v) is 3.00. The van der Waals surface area contributed by atoms with Gasteiger partial charge in [-0.05, 0) is 12.1 Å². The number of benzene rings is 2. The molecule has 2 aromatic rings. The monoisotopic (exact) mass is 270 g/mol. The summed E-state index contributed by atoms with van der Waals surface area (Å²) >= 11 is 0. The van der Waals surface area contributed by atoms with Crippen molar-refractivity contribution in [3.05, 3.63) is 65.7 Å². The number of rotatable bonds is 5. The third-order valence-electron chi connectivity index (χ3n) is 3.00. The molecule has 0 aliphatic rings. The zero-order valence-electron chi connectivity index (χ0n) is 11.9. The lowest BCUT2D eigenvalue weighted by Crippen LogP contribution is -1.99. The fourth-order valence-electron chi connectivity index (χ4n) is 2.09. The van der Waals surface area contributed by atoms with E-state index in [4.69, 9.17) is 14.2 Å². The molecule has 0 aliphatic carbocycles. The summed E-state index contributed by atoms with van der Waals surface area (Å²) in [5.74, 6) is 2.07. The van der Waals surface area contributed by atoms with Crippen molar-refractivity contribution in [2.24, 2.45) is 0 Å². The average Bonchev–Trinajstić information content (AvgIpc) is 2.53. The molecule has 2 aromatic carbocycles. The molecule has 0 radical (unpaired) electrons. The molecule has 2 rings (SSSR count). The van der Waals surface area contributed by atoms with Gasteiger partial charge in [-0.3, -0.25) is 0 Å². The maximum atomic E-state index is 5.56. The van der Waals surface area contributed by atoms with E-state index in [9.17, 15) is 0 Å². The van der Waals surface area contributed by atoms with E-state index in [0.29, 0.717) is 11.5 Å². The van der Waals surface area contributed by atoms with Gasteiger partial charge in [0.1, 0.15) is 5.75 Å². The fourth-order valence-corrected chi connectivity index (χ4v) is 2.09. The van der Waals surface area contributed by atoms with Crippen LogP contribution >= 0.6 is 0 Å². The lowest BCUT2D eigenvalue weighted by Gasteiger charge is -2.16. The first-order valence-electron chi connectivity index (χ1n) is 6.33. The highest BCUT2D eigenvalue weighted by molar-refractivity contribution is 5.85. The third kappa shape index (κ3) is 2.77. The topological polar surface area (TPSA) is 27.7 Å². The standard InChI is InChI=1S/C17H18O3/c1-18-15-12-8-7-11-14(15)17(20-3)16(19-2)13-9-5-4-6-10-13/h4-12H,1-3H3/b17-16-. The number of methoxy groups -OCH3 is 3. The number of para-hydroxylation sites is 1. The molecule has 0 amide bonds. The Morgan fingerprint density at radius 2 is 1.30 bits per heavy atom. The SMILES string of the molecule is CO/C(=C(\OC)c1ccccc1OC)c1ccccc1. The van der Waals surface area contributed by atoms with E-state index >= 15 is 0 Å². The Morgan fingerprint density at radius 1 is 0.700 bits per heavy atom. The van der Waals surface area contributed by atoms with E-state index in [1.54, 1.807) is 21.3 Å². The number of hydrogen-bond donors (Lipinski definition) is 0. The van der Waals surface area contributed by atoms with Crippen LogP contribution in [0.2, 0.25) is 0 Å². The van der Waals surface area contributed by atoms with Gasteiger partial charge in [0.15, 0.2) is 11.5 Å². The van der Waals surface area contributed by atoms with E-state index in [0.717, 1.165) is 16.9 Å². The zero-order chi connectivity index (χ0) is 14.4. The summed E-state index contributed by atoms with van der Waals surface area (Å²) in [6.07, 6.45) is 0. The molecular formula is C17H18O3. The lowest BCUT2D eigenvalue weighted by atomic mass is 10.1. The van der Waals surface area contributed by atoms with Gasteiger partial charge in [-0.1, -0.05) is 42.5 Å². The summed E-state index contributed by atoms with van der Waals surface area (Å²) in [6.45, 7) is 0. The van der Waals surface area contributed by atoms with Crippen LogP contribution in [0.25, 0.3) is 11.5 Å². The van der Waals surface area contributed by atoms with Gasteiger partial charge in [-0.25, -0.2) is 0 Å². The molecule has 0 fully saturated rings. The lowest BCUT2D eigenvalue weighted by molar-refractivity contribution is 0.325. The maximum absolute atomic E-state index is 5.56. The van der Waals surface area contributed by atoms with Crippen LogP contribution in [0.4, 0.5) is 0 Å². The molecule has 104 valence electrons. The van der Waals surface area contributed by atoms with E-state index in [-0.39, 0.29) is 0 Å². The molecule has 0 saturated carbocycles. The Balaban J connectivity index is 2.61. The van der Waals surface area contributed by atoms with Crippen LogP contribution in [0.15, 0.2) is 54.6 Å². The van der Waals surface area contributed by atoms with E-state index < -0.39 is 0 Å². The van der Waals surface area contributed by atoms with Gasteiger partial charge in [-0.2, -0.15) is 0 Å². The molecule has 0 bridgehead atoms. The summed E-state index contributed by atoms with van der Waals surface area (Å²) in [5, 5.41) is 0. The highest BCUT2D eigenvalue weighted by Crippen LogP contribution is 2.32. The smallest absolute Gasteiger partial charge is 0.172 e. The molecule has 0 aliphatic heterocycles. The summed E-state index contributed by atoms with van der Waals surface area (Å²) in [4.78, 5) is 0. The van der Waals surface area contributed by atoms with Crippen LogP contribution in [0.3, 0.4) is 0 Å². The van der Waals surface area contributed by atoms with Crippen molar-refractivity contribution >= 4 is 11.5 Å². The molecule has 20 heavy (non-hydrogen) atoms. The predicted molar refractivity (Wildman–Crippen MR) is 80.3 cm³/mol. The molecule has 0 aromatic heterocycles. The molecule has 0 atom stereocenters. The molecular weight excluding hydrogens is 252 g/mol. The van der Waals surface area contributed by atoms with Gasteiger partial charge in [0.25, 0.3) is 0 Å². The normalized spacial score (nSPS) is 11.6. The average molecular weight is 270 g/mol. The Morgan fingerprint density at radius 3 is 1.90 bits per heavy atom. The first-order chi connectivity index (χ1) is 9.81. The van der Waals surface area contributed by atoms with Gasteiger partial charge >= 0.3 is 0 Å². The fraction of sp³-hybridized carbons (Fsp3) is 0.176. The largest absolute Gasteiger partial charge is 0.496 e. The second-order valence-corrected chi connectivity index (χ2v) is 4.13.